The molecule has 4 nitrogen and oxygen atoms in total. The highest BCUT2D eigenvalue weighted by Crippen LogP contribution is 2.53. The summed E-state index contributed by atoms with van der Waals surface area (Å²) in [6.45, 7) is 5.16. The third-order valence-electron chi connectivity index (χ3n) is 8.66. The first-order chi connectivity index (χ1) is 16.5. The standard InChI is InChI=1S/C30H42O4/c1-22(2)28(31)33-29(32)26-20-12-13-21-27(26)34-30(23-14-6-3-7-15-23,24-16-8-4-9-17-24)25-18-10-5-11-19-25/h12-13,20-21,23-25H,1,3-11,14-19H2,2H3. The van der Waals surface area contributed by atoms with Gasteiger partial charge in [-0.2, -0.15) is 0 Å². The lowest BCUT2D eigenvalue weighted by Gasteiger charge is -2.54. The van der Waals surface area contributed by atoms with Crippen molar-refractivity contribution in [3.63, 3.8) is 0 Å². The molecule has 4 rings (SSSR count). The lowest BCUT2D eigenvalue weighted by molar-refractivity contribution is -0.133. The first kappa shape index (κ1) is 25.0. The molecule has 1 aromatic rings. The summed E-state index contributed by atoms with van der Waals surface area (Å²) in [5, 5.41) is 0. The Labute approximate surface area is 205 Å². The van der Waals surface area contributed by atoms with Gasteiger partial charge in [0.1, 0.15) is 16.9 Å². The van der Waals surface area contributed by atoms with E-state index in [9.17, 15) is 9.59 Å². The van der Waals surface area contributed by atoms with Gasteiger partial charge in [-0.3, -0.25) is 0 Å². The molecule has 0 spiro atoms. The molecule has 0 aliphatic heterocycles. The highest BCUT2D eigenvalue weighted by Gasteiger charge is 2.53. The minimum Gasteiger partial charge on any atom is -0.486 e. The number of hydrogen-bond donors (Lipinski definition) is 0. The van der Waals surface area contributed by atoms with Crippen LogP contribution in [0.3, 0.4) is 0 Å². The van der Waals surface area contributed by atoms with Crippen LogP contribution in [-0.4, -0.2) is 17.5 Å². The molecule has 3 saturated carbocycles. The van der Waals surface area contributed by atoms with Crippen molar-refractivity contribution in [2.45, 2.75) is 109 Å². The van der Waals surface area contributed by atoms with Crippen LogP contribution in [0.5, 0.6) is 5.75 Å². The third-order valence-corrected chi connectivity index (χ3v) is 8.66. The van der Waals surface area contributed by atoms with Crippen LogP contribution >= 0.6 is 0 Å². The molecule has 0 heterocycles. The zero-order valence-electron chi connectivity index (χ0n) is 21.0. The van der Waals surface area contributed by atoms with E-state index >= 15 is 0 Å². The van der Waals surface area contributed by atoms with E-state index in [1.165, 1.54) is 96.3 Å². The van der Waals surface area contributed by atoms with Crippen molar-refractivity contribution in [2.24, 2.45) is 17.8 Å². The minimum absolute atomic E-state index is 0.215. The average molecular weight is 467 g/mol. The second kappa shape index (κ2) is 11.6. The number of esters is 2. The molecule has 0 aromatic heterocycles. The van der Waals surface area contributed by atoms with E-state index in [1.807, 2.05) is 18.2 Å². The molecule has 34 heavy (non-hydrogen) atoms. The molecule has 4 heteroatoms. The molecule has 3 aliphatic carbocycles. The van der Waals surface area contributed by atoms with Crippen LogP contribution in [0.4, 0.5) is 0 Å². The van der Waals surface area contributed by atoms with Crippen molar-refractivity contribution >= 4 is 11.9 Å². The first-order valence-electron chi connectivity index (χ1n) is 13.7. The third kappa shape index (κ3) is 5.42. The summed E-state index contributed by atoms with van der Waals surface area (Å²) in [5.74, 6) is 0.825. The van der Waals surface area contributed by atoms with Crippen LogP contribution in [-0.2, 0) is 9.53 Å². The van der Waals surface area contributed by atoms with E-state index in [0.717, 1.165) is 0 Å². The van der Waals surface area contributed by atoms with Crippen LogP contribution in [0.25, 0.3) is 0 Å². The van der Waals surface area contributed by atoms with E-state index in [4.69, 9.17) is 9.47 Å². The molecule has 0 amide bonds. The van der Waals surface area contributed by atoms with Crippen molar-refractivity contribution in [1.82, 2.24) is 0 Å². The zero-order valence-corrected chi connectivity index (χ0v) is 21.0. The second-order valence-electron chi connectivity index (χ2n) is 10.9. The Morgan fingerprint density at radius 3 is 1.65 bits per heavy atom. The fourth-order valence-electron chi connectivity index (χ4n) is 7.05. The molecule has 3 fully saturated rings. The Balaban J connectivity index is 1.74. The molecule has 0 bridgehead atoms. The van der Waals surface area contributed by atoms with E-state index in [1.54, 1.807) is 13.0 Å². The van der Waals surface area contributed by atoms with E-state index < -0.39 is 11.9 Å². The predicted octanol–water partition coefficient (Wildman–Crippen LogP) is 7.80. The zero-order chi connectivity index (χ0) is 24.0. The smallest absolute Gasteiger partial charge is 0.349 e. The summed E-state index contributed by atoms with van der Waals surface area (Å²) < 4.78 is 12.4. The average Bonchev–Trinajstić information content (AvgIpc) is 2.89. The van der Waals surface area contributed by atoms with Crippen molar-refractivity contribution in [3.8, 4) is 5.75 Å². The topological polar surface area (TPSA) is 52.6 Å². The van der Waals surface area contributed by atoms with Crippen LogP contribution in [0.15, 0.2) is 36.4 Å². The molecule has 0 saturated heterocycles. The number of ether oxygens (including phenoxy) is 2. The predicted molar refractivity (Wildman–Crippen MR) is 135 cm³/mol. The highest BCUT2D eigenvalue weighted by atomic mass is 16.6. The maximum Gasteiger partial charge on any atom is 0.349 e. The monoisotopic (exact) mass is 466 g/mol. The van der Waals surface area contributed by atoms with Gasteiger partial charge in [0.25, 0.3) is 0 Å². The fourth-order valence-corrected chi connectivity index (χ4v) is 7.05. The van der Waals surface area contributed by atoms with Gasteiger partial charge in [0.15, 0.2) is 0 Å². The van der Waals surface area contributed by atoms with Crippen LogP contribution in [0.1, 0.15) is 114 Å². The number of para-hydroxylation sites is 1. The van der Waals surface area contributed by atoms with Crippen LogP contribution < -0.4 is 4.74 Å². The minimum atomic E-state index is -0.682. The summed E-state index contributed by atoms with van der Waals surface area (Å²) in [5.41, 5.74) is 0.326. The summed E-state index contributed by atoms with van der Waals surface area (Å²) in [6, 6.07) is 7.39. The van der Waals surface area contributed by atoms with Crippen LogP contribution in [0, 0.1) is 17.8 Å². The molecule has 0 N–H and O–H groups in total. The van der Waals surface area contributed by atoms with E-state index in [0.29, 0.717) is 29.1 Å². The van der Waals surface area contributed by atoms with Crippen molar-refractivity contribution in [3.05, 3.63) is 42.0 Å². The first-order valence-corrected chi connectivity index (χ1v) is 13.7. The van der Waals surface area contributed by atoms with Crippen molar-refractivity contribution in [1.29, 1.82) is 0 Å². The van der Waals surface area contributed by atoms with Gasteiger partial charge >= 0.3 is 11.9 Å². The van der Waals surface area contributed by atoms with Gasteiger partial charge in [0.05, 0.1) is 0 Å². The van der Waals surface area contributed by atoms with Gasteiger partial charge in [-0.25, -0.2) is 9.59 Å². The highest BCUT2D eigenvalue weighted by molar-refractivity contribution is 6.03. The second-order valence-corrected chi connectivity index (χ2v) is 10.9. The van der Waals surface area contributed by atoms with Crippen LogP contribution in [0.2, 0.25) is 0 Å². The molecule has 0 unspecified atom stereocenters. The largest absolute Gasteiger partial charge is 0.486 e. The lowest BCUT2D eigenvalue weighted by Crippen LogP contribution is -2.57. The lowest BCUT2D eigenvalue weighted by atomic mass is 9.58. The molecule has 0 radical (unpaired) electrons. The van der Waals surface area contributed by atoms with Gasteiger partial charge in [-0.15, -0.1) is 0 Å². The number of benzene rings is 1. The summed E-state index contributed by atoms with van der Waals surface area (Å²) in [6.07, 6.45) is 18.9. The fraction of sp³-hybridized carbons (Fsp3) is 0.667. The Kier molecular flexibility index (Phi) is 8.50. The van der Waals surface area contributed by atoms with E-state index in [2.05, 4.69) is 6.58 Å². The number of carbonyl (C=O) groups is 2. The molecule has 3 aliphatic rings. The van der Waals surface area contributed by atoms with Crippen molar-refractivity contribution in [2.75, 3.05) is 0 Å². The molecule has 0 atom stereocenters. The number of rotatable bonds is 7. The van der Waals surface area contributed by atoms with Gasteiger partial charge in [0, 0.05) is 5.57 Å². The summed E-state index contributed by atoms with van der Waals surface area (Å²) in [4.78, 5) is 25.1. The Morgan fingerprint density at radius 2 is 1.21 bits per heavy atom. The quantitative estimate of drug-likeness (QED) is 0.234. The van der Waals surface area contributed by atoms with E-state index in [-0.39, 0.29) is 11.2 Å². The van der Waals surface area contributed by atoms with Gasteiger partial charge in [0.2, 0.25) is 0 Å². The van der Waals surface area contributed by atoms with Gasteiger partial charge < -0.3 is 9.47 Å². The Bertz CT molecular complexity index is 809. The molecule has 1 aromatic carbocycles. The summed E-state index contributed by atoms with van der Waals surface area (Å²) >= 11 is 0. The summed E-state index contributed by atoms with van der Waals surface area (Å²) in [7, 11) is 0. The Hall–Kier alpha value is -2.10. The maximum absolute atomic E-state index is 13.0. The molecule has 186 valence electrons. The number of carbonyl (C=O) groups excluding carboxylic acids is 2. The maximum atomic E-state index is 13.0. The SMILES string of the molecule is C=C(C)C(=O)OC(=O)c1ccccc1OC(C1CCCCC1)(C1CCCCC1)C1CCCCC1. The van der Waals surface area contributed by atoms with Gasteiger partial charge in [-0.05, 0) is 75.3 Å². The Morgan fingerprint density at radius 1 is 0.765 bits per heavy atom. The molecular formula is C30H42O4. The van der Waals surface area contributed by atoms with Gasteiger partial charge in [-0.1, -0.05) is 76.5 Å². The van der Waals surface area contributed by atoms with Crippen molar-refractivity contribution < 1.29 is 19.1 Å². The number of hydrogen-bond acceptors (Lipinski definition) is 4. The molecular weight excluding hydrogens is 424 g/mol. The normalized spacial score (nSPS) is 21.1.